The summed E-state index contributed by atoms with van der Waals surface area (Å²) in [6, 6.07) is 17.9. The molecule has 0 fully saturated rings. The molecule has 0 radical (unpaired) electrons. The van der Waals surface area contributed by atoms with Gasteiger partial charge in [0.25, 0.3) is 5.91 Å². The first-order valence-corrected chi connectivity index (χ1v) is 11.2. The molecule has 2 heterocycles. The molecule has 4 rings (SSSR count). The number of hydrogen-bond acceptors (Lipinski definition) is 4. The zero-order valence-corrected chi connectivity index (χ0v) is 17.5. The van der Waals surface area contributed by atoms with Crippen LogP contribution in [0, 0.1) is 0 Å². The number of sulfonamides is 1. The van der Waals surface area contributed by atoms with E-state index in [-0.39, 0.29) is 10.8 Å². The molecule has 1 aliphatic rings. The number of benzene rings is 2. The van der Waals surface area contributed by atoms with Crippen molar-refractivity contribution in [2.75, 3.05) is 13.6 Å². The molecule has 7 heteroatoms. The predicted octanol–water partition coefficient (Wildman–Crippen LogP) is 3.10. The number of aromatic nitrogens is 1. The van der Waals surface area contributed by atoms with Crippen LogP contribution in [-0.2, 0) is 29.5 Å². The van der Waals surface area contributed by atoms with Crippen LogP contribution >= 0.6 is 0 Å². The van der Waals surface area contributed by atoms with Gasteiger partial charge in [-0.15, -0.1) is 0 Å². The SMILES string of the molecule is CN(Cc1ccncc1)C(=O)c1cccc(S(=O)(=O)N2CCc3ccccc3C2)c1. The molecular weight excluding hydrogens is 398 g/mol. The quantitative estimate of drug-likeness (QED) is 0.635. The van der Waals surface area contributed by atoms with E-state index in [2.05, 4.69) is 4.98 Å². The summed E-state index contributed by atoms with van der Waals surface area (Å²) in [5.74, 6) is -0.229. The van der Waals surface area contributed by atoms with Gasteiger partial charge < -0.3 is 4.90 Å². The minimum atomic E-state index is -3.69. The summed E-state index contributed by atoms with van der Waals surface area (Å²) >= 11 is 0. The van der Waals surface area contributed by atoms with Gasteiger partial charge in [-0.3, -0.25) is 9.78 Å². The van der Waals surface area contributed by atoms with Crippen LogP contribution in [0.5, 0.6) is 0 Å². The topological polar surface area (TPSA) is 70.6 Å². The van der Waals surface area contributed by atoms with Crippen molar-refractivity contribution in [2.45, 2.75) is 24.4 Å². The maximum atomic E-state index is 13.2. The van der Waals surface area contributed by atoms with Crippen molar-refractivity contribution in [2.24, 2.45) is 0 Å². The van der Waals surface area contributed by atoms with Gasteiger partial charge in [-0.05, 0) is 53.4 Å². The van der Waals surface area contributed by atoms with E-state index < -0.39 is 10.0 Å². The first kappa shape index (κ1) is 20.3. The first-order chi connectivity index (χ1) is 14.4. The van der Waals surface area contributed by atoms with Crippen LogP contribution in [0.3, 0.4) is 0 Å². The lowest BCUT2D eigenvalue weighted by Crippen LogP contribution is -2.36. The molecule has 0 saturated carbocycles. The van der Waals surface area contributed by atoms with Crippen LogP contribution in [0.15, 0.2) is 78.0 Å². The van der Waals surface area contributed by atoms with E-state index in [0.717, 1.165) is 11.1 Å². The molecule has 0 unspecified atom stereocenters. The van der Waals surface area contributed by atoms with Crippen molar-refractivity contribution in [3.63, 3.8) is 0 Å². The molecule has 1 aliphatic heterocycles. The van der Waals surface area contributed by atoms with Crippen LogP contribution < -0.4 is 0 Å². The number of hydrogen-bond donors (Lipinski definition) is 0. The second kappa shape index (κ2) is 8.38. The monoisotopic (exact) mass is 421 g/mol. The van der Waals surface area contributed by atoms with Gasteiger partial charge in [0.15, 0.2) is 0 Å². The number of nitrogens with zero attached hydrogens (tertiary/aromatic N) is 3. The smallest absolute Gasteiger partial charge is 0.253 e. The van der Waals surface area contributed by atoms with Crippen LogP contribution in [0.25, 0.3) is 0 Å². The lowest BCUT2D eigenvalue weighted by Gasteiger charge is -2.28. The Bertz CT molecular complexity index is 1160. The summed E-state index contributed by atoms with van der Waals surface area (Å²) in [6.45, 7) is 1.19. The highest BCUT2D eigenvalue weighted by molar-refractivity contribution is 7.89. The molecule has 6 nitrogen and oxygen atoms in total. The normalized spacial score (nSPS) is 14.2. The second-order valence-electron chi connectivity index (χ2n) is 7.40. The third kappa shape index (κ3) is 4.13. The van der Waals surface area contributed by atoms with E-state index in [1.54, 1.807) is 42.5 Å². The minimum absolute atomic E-state index is 0.144. The summed E-state index contributed by atoms with van der Waals surface area (Å²) in [5.41, 5.74) is 3.52. The average molecular weight is 422 g/mol. The Kier molecular flexibility index (Phi) is 5.65. The highest BCUT2D eigenvalue weighted by Crippen LogP contribution is 2.25. The fourth-order valence-electron chi connectivity index (χ4n) is 3.67. The van der Waals surface area contributed by atoms with Gasteiger partial charge in [0.2, 0.25) is 10.0 Å². The van der Waals surface area contributed by atoms with E-state index in [4.69, 9.17) is 0 Å². The fraction of sp³-hybridized carbons (Fsp3) is 0.217. The highest BCUT2D eigenvalue weighted by Gasteiger charge is 2.29. The maximum Gasteiger partial charge on any atom is 0.253 e. The molecule has 30 heavy (non-hydrogen) atoms. The van der Waals surface area contributed by atoms with Crippen molar-refractivity contribution >= 4 is 15.9 Å². The third-order valence-corrected chi connectivity index (χ3v) is 7.17. The maximum absolute atomic E-state index is 13.2. The summed E-state index contributed by atoms with van der Waals surface area (Å²) in [5, 5.41) is 0. The second-order valence-corrected chi connectivity index (χ2v) is 9.34. The first-order valence-electron chi connectivity index (χ1n) is 9.76. The zero-order chi connectivity index (χ0) is 21.1. The predicted molar refractivity (Wildman–Crippen MR) is 114 cm³/mol. The van der Waals surface area contributed by atoms with Gasteiger partial charge >= 0.3 is 0 Å². The van der Waals surface area contributed by atoms with E-state index >= 15 is 0 Å². The zero-order valence-electron chi connectivity index (χ0n) is 16.7. The molecule has 1 aromatic heterocycles. The Balaban J connectivity index is 1.54. The Morgan fingerprint density at radius 2 is 1.77 bits per heavy atom. The van der Waals surface area contributed by atoms with Crippen LogP contribution in [0.4, 0.5) is 0 Å². The molecule has 1 amide bonds. The molecule has 154 valence electrons. The molecule has 0 aliphatic carbocycles. The number of carbonyl (C=O) groups excluding carboxylic acids is 1. The van der Waals surface area contributed by atoms with Gasteiger partial charge in [0.1, 0.15) is 0 Å². The lowest BCUT2D eigenvalue weighted by molar-refractivity contribution is 0.0785. The number of amides is 1. The third-order valence-electron chi connectivity index (χ3n) is 5.33. The Labute approximate surface area is 176 Å². The average Bonchev–Trinajstić information content (AvgIpc) is 2.79. The van der Waals surface area contributed by atoms with Crippen molar-refractivity contribution in [3.8, 4) is 0 Å². The molecule has 0 atom stereocenters. The van der Waals surface area contributed by atoms with E-state index in [1.807, 2.05) is 36.4 Å². The van der Waals surface area contributed by atoms with Gasteiger partial charge in [-0.2, -0.15) is 4.31 Å². The molecule has 0 saturated heterocycles. The van der Waals surface area contributed by atoms with Crippen molar-refractivity contribution in [3.05, 3.63) is 95.3 Å². The Morgan fingerprint density at radius 3 is 2.53 bits per heavy atom. The Hall–Kier alpha value is -3.03. The largest absolute Gasteiger partial charge is 0.337 e. The molecule has 3 aromatic rings. The lowest BCUT2D eigenvalue weighted by atomic mass is 10.0. The fourth-order valence-corrected chi connectivity index (χ4v) is 5.13. The van der Waals surface area contributed by atoms with Crippen molar-refractivity contribution in [1.29, 1.82) is 0 Å². The summed E-state index contributed by atoms with van der Waals surface area (Å²) in [7, 11) is -1.99. The van der Waals surface area contributed by atoms with Crippen LogP contribution in [0.1, 0.15) is 27.0 Å². The minimum Gasteiger partial charge on any atom is -0.337 e. The standard InChI is InChI=1S/C23H23N3O3S/c1-25(16-18-9-12-24-13-10-18)23(27)20-7-4-8-22(15-20)30(28,29)26-14-11-19-5-2-3-6-21(19)17-26/h2-10,12-13,15H,11,14,16-17H2,1H3. The molecule has 0 spiro atoms. The summed E-state index contributed by atoms with van der Waals surface area (Å²) in [6.07, 6.45) is 4.04. The summed E-state index contributed by atoms with van der Waals surface area (Å²) in [4.78, 5) is 18.6. The van der Waals surface area contributed by atoms with Gasteiger partial charge in [0, 0.05) is 44.6 Å². The number of fused-ring (bicyclic) bond motifs is 1. The van der Waals surface area contributed by atoms with Crippen LogP contribution in [0.2, 0.25) is 0 Å². The van der Waals surface area contributed by atoms with Crippen LogP contribution in [-0.4, -0.2) is 42.1 Å². The molecule has 0 N–H and O–H groups in total. The van der Waals surface area contributed by atoms with E-state index in [0.29, 0.717) is 31.6 Å². The van der Waals surface area contributed by atoms with Gasteiger partial charge in [-0.25, -0.2) is 8.42 Å². The molecular formula is C23H23N3O3S. The number of pyridine rings is 1. The highest BCUT2D eigenvalue weighted by atomic mass is 32.2. The van der Waals surface area contributed by atoms with Gasteiger partial charge in [-0.1, -0.05) is 30.3 Å². The number of rotatable bonds is 5. The molecule has 0 bridgehead atoms. The Morgan fingerprint density at radius 1 is 1.03 bits per heavy atom. The number of carbonyl (C=O) groups is 1. The van der Waals surface area contributed by atoms with Crippen molar-refractivity contribution in [1.82, 2.24) is 14.2 Å². The van der Waals surface area contributed by atoms with E-state index in [1.165, 1.54) is 15.9 Å². The van der Waals surface area contributed by atoms with E-state index in [9.17, 15) is 13.2 Å². The summed E-state index contributed by atoms with van der Waals surface area (Å²) < 4.78 is 27.9. The van der Waals surface area contributed by atoms with Gasteiger partial charge in [0.05, 0.1) is 4.90 Å². The van der Waals surface area contributed by atoms with Crippen molar-refractivity contribution < 1.29 is 13.2 Å². The molecule has 2 aromatic carbocycles.